The second-order valence-corrected chi connectivity index (χ2v) is 2.32. The molecule has 0 bridgehead atoms. The van der Waals surface area contributed by atoms with Crippen LogP contribution in [0.2, 0.25) is 0 Å². The molecule has 0 saturated heterocycles. The average molecular weight is 331 g/mol. The topological polar surface area (TPSA) is 0 Å². The predicted octanol–water partition coefficient (Wildman–Crippen LogP) is 3.17. The molecule has 0 saturated carbocycles. The number of hydrogen-bond acceptors (Lipinski definition) is 0. The van der Waals surface area contributed by atoms with E-state index in [1.807, 2.05) is 0 Å². The van der Waals surface area contributed by atoms with Crippen molar-refractivity contribution in [2.24, 2.45) is 0 Å². The standard InChI is InChI=1S/C8H11.C2H5.Pt/c1-6-4-5-7(2)8(6)3;1-2;/h4-5H,1-3H3;1H2,2H3;/q2*-1;+2. The van der Waals surface area contributed by atoms with Crippen molar-refractivity contribution in [2.45, 2.75) is 27.7 Å². The van der Waals surface area contributed by atoms with Crippen LogP contribution in [0.15, 0.2) is 12.1 Å². The van der Waals surface area contributed by atoms with Gasteiger partial charge in [-0.25, -0.2) is 6.07 Å². The van der Waals surface area contributed by atoms with E-state index >= 15 is 0 Å². The second kappa shape index (κ2) is 6.73. The average Bonchev–Trinajstić information content (AvgIpc) is 2.25. The molecular formula is C10H16Pt. The van der Waals surface area contributed by atoms with E-state index in [2.05, 4.69) is 39.8 Å². The molecule has 0 aromatic heterocycles. The van der Waals surface area contributed by atoms with Crippen molar-refractivity contribution in [3.8, 4) is 0 Å². The van der Waals surface area contributed by atoms with E-state index < -0.39 is 0 Å². The third kappa shape index (κ3) is 3.82. The summed E-state index contributed by atoms with van der Waals surface area (Å²) in [6.07, 6.45) is 0. The van der Waals surface area contributed by atoms with Crippen molar-refractivity contribution >= 4 is 0 Å². The zero-order valence-corrected chi connectivity index (χ0v) is 9.95. The molecule has 11 heavy (non-hydrogen) atoms. The molecule has 0 heterocycles. The van der Waals surface area contributed by atoms with Crippen LogP contribution in [-0.2, 0) is 21.1 Å². The van der Waals surface area contributed by atoms with Gasteiger partial charge in [-0.3, -0.25) is 0 Å². The SMILES string of the molecule is Cc1cc[c-](C)c1C.[CH2-]C.[Pt+2]. The van der Waals surface area contributed by atoms with Gasteiger partial charge in [0.25, 0.3) is 0 Å². The molecule has 0 unspecified atom stereocenters. The summed E-state index contributed by atoms with van der Waals surface area (Å²) in [7, 11) is 0. The minimum atomic E-state index is 0. The van der Waals surface area contributed by atoms with E-state index in [0.29, 0.717) is 0 Å². The monoisotopic (exact) mass is 331 g/mol. The van der Waals surface area contributed by atoms with Gasteiger partial charge in [-0.2, -0.15) is 29.7 Å². The van der Waals surface area contributed by atoms with E-state index in [1.54, 1.807) is 6.92 Å². The number of rotatable bonds is 0. The molecule has 0 aliphatic heterocycles. The fourth-order valence-corrected chi connectivity index (χ4v) is 0.811. The Hall–Kier alpha value is 0.0383. The molecule has 1 aromatic rings. The van der Waals surface area contributed by atoms with Crippen LogP contribution in [0.25, 0.3) is 0 Å². The van der Waals surface area contributed by atoms with Crippen LogP contribution in [-0.4, -0.2) is 0 Å². The summed E-state index contributed by atoms with van der Waals surface area (Å²) in [5.41, 5.74) is 4.25. The predicted molar refractivity (Wildman–Crippen MR) is 47.3 cm³/mol. The molecule has 0 aliphatic carbocycles. The Labute approximate surface area is 84.6 Å². The van der Waals surface area contributed by atoms with Crippen molar-refractivity contribution < 1.29 is 21.1 Å². The Kier molecular flexibility index (Phi) is 8.33. The van der Waals surface area contributed by atoms with Gasteiger partial charge in [-0.1, -0.05) is 20.8 Å². The van der Waals surface area contributed by atoms with E-state index in [-0.39, 0.29) is 21.1 Å². The van der Waals surface area contributed by atoms with E-state index in [0.717, 1.165) is 0 Å². The summed E-state index contributed by atoms with van der Waals surface area (Å²) in [5, 5.41) is 0. The molecular weight excluding hydrogens is 315 g/mol. The first-order valence-corrected chi connectivity index (χ1v) is 3.62. The molecule has 1 aromatic carbocycles. The zero-order chi connectivity index (χ0) is 8.15. The molecule has 66 valence electrons. The molecule has 0 nitrogen and oxygen atoms in total. The Bertz CT molecular complexity index is 167. The fraction of sp³-hybridized carbons (Fsp3) is 0.400. The maximum absolute atomic E-state index is 3.25. The van der Waals surface area contributed by atoms with Crippen LogP contribution < -0.4 is 0 Å². The van der Waals surface area contributed by atoms with Gasteiger partial charge in [0.15, 0.2) is 0 Å². The van der Waals surface area contributed by atoms with Gasteiger partial charge in [0.05, 0.1) is 0 Å². The van der Waals surface area contributed by atoms with E-state index in [9.17, 15) is 0 Å². The second-order valence-electron chi connectivity index (χ2n) is 2.32. The van der Waals surface area contributed by atoms with Gasteiger partial charge in [0.1, 0.15) is 0 Å². The number of hydrogen-bond donors (Lipinski definition) is 0. The molecule has 0 aliphatic rings. The summed E-state index contributed by atoms with van der Waals surface area (Å²) in [5.74, 6) is 0. The summed E-state index contributed by atoms with van der Waals surface area (Å²) in [4.78, 5) is 0. The van der Waals surface area contributed by atoms with Crippen molar-refractivity contribution in [3.05, 3.63) is 35.7 Å². The number of aryl methyl sites for hydroxylation is 2. The van der Waals surface area contributed by atoms with Crippen LogP contribution in [0, 0.1) is 27.7 Å². The van der Waals surface area contributed by atoms with Gasteiger partial charge in [-0.15, -0.1) is 0 Å². The summed E-state index contributed by atoms with van der Waals surface area (Å²) in [6.45, 7) is 11.4. The van der Waals surface area contributed by atoms with E-state index in [4.69, 9.17) is 0 Å². The molecule has 0 spiro atoms. The first kappa shape index (κ1) is 13.6. The minimum Gasteiger partial charge on any atom is -0.346 e. The molecule has 0 fully saturated rings. The summed E-state index contributed by atoms with van der Waals surface area (Å²) in [6, 6.07) is 4.31. The quantitative estimate of drug-likeness (QED) is 0.641. The fourth-order valence-electron chi connectivity index (χ4n) is 0.811. The normalized spacial score (nSPS) is 7.73. The molecule has 0 atom stereocenters. The van der Waals surface area contributed by atoms with Gasteiger partial charge in [0, 0.05) is 0 Å². The maximum Gasteiger partial charge on any atom is 2.00 e. The first-order valence-electron chi connectivity index (χ1n) is 3.62. The zero-order valence-electron chi connectivity index (χ0n) is 7.68. The summed E-state index contributed by atoms with van der Waals surface area (Å²) >= 11 is 0. The maximum atomic E-state index is 3.25. The Morgan fingerprint density at radius 1 is 1.27 bits per heavy atom. The van der Waals surface area contributed by atoms with Crippen molar-refractivity contribution in [3.63, 3.8) is 0 Å². The van der Waals surface area contributed by atoms with Crippen molar-refractivity contribution in [1.29, 1.82) is 0 Å². The minimum absolute atomic E-state index is 0. The summed E-state index contributed by atoms with van der Waals surface area (Å²) < 4.78 is 0. The van der Waals surface area contributed by atoms with Crippen LogP contribution >= 0.6 is 0 Å². The Morgan fingerprint density at radius 3 is 1.82 bits per heavy atom. The smallest absolute Gasteiger partial charge is 0.346 e. The third-order valence-corrected chi connectivity index (χ3v) is 1.77. The largest absolute Gasteiger partial charge is 2.00 e. The Morgan fingerprint density at radius 2 is 1.73 bits per heavy atom. The van der Waals surface area contributed by atoms with Gasteiger partial charge >= 0.3 is 21.1 Å². The van der Waals surface area contributed by atoms with Crippen LogP contribution in [0.4, 0.5) is 0 Å². The van der Waals surface area contributed by atoms with E-state index in [1.165, 1.54) is 16.7 Å². The third-order valence-electron chi connectivity index (χ3n) is 1.77. The van der Waals surface area contributed by atoms with Crippen molar-refractivity contribution in [1.82, 2.24) is 0 Å². The van der Waals surface area contributed by atoms with Gasteiger partial charge < -0.3 is 6.92 Å². The molecule has 1 heteroatoms. The van der Waals surface area contributed by atoms with Crippen LogP contribution in [0.1, 0.15) is 23.6 Å². The van der Waals surface area contributed by atoms with Gasteiger partial charge in [-0.05, 0) is 0 Å². The molecule has 0 radical (unpaired) electrons. The molecule has 0 N–H and O–H groups in total. The van der Waals surface area contributed by atoms with Gasteiger partial charge in [0.2, 0.25) is 0 Å². The van der Waals surface area contributed by atoms with Crippen LogP contribution in [0.3, 0.4) is 0 Å². The van der Waals surface area contributed by atoms with Crippen molar-refractivity contribution in [2.75, 3.05) is 0 Å². The van der Waals surface area contributed by atoms with Crippen LogP contribution in [0.5, 0.6) is 0 Å². The Balaban J connectivity index is 0. The first-order chi connectivity index (χ1) is 4.72. The molecule has 1 rings (SSSR count). The molecule has 0 amide bonds.